The Morgan fingerprint density at radius 2 is 1.33 bits per heavy atom. The molecule has 4 heterocycles. The van der Waals surface area contributed by atoms with E-state index in [-0.39, 0.29) is 5.41 Å². The Bertz CT molecular complexity index is 2360. The van der Waals surface area contributed by atoms with Crippen molar-refractivity contribution in [1.29, 1.82) is 0 Å². The molecule has 0 atom stereocenters. The zero-order chi connectivity index (χ0) is 29.3. The third kappa shape index (κ3) is 4.13. The lowest BCUT2D eigenvalue weighted by molar-refractivity contribution is 0.444. The van der Waals surface area contributed by atoms with Gasteiger partial charge in [0.2, 0.25) is 11.8 Å². The Morgan fingerprint density at radius 1 is 0.605 bits per heavy atom. The van der Waals surface area contributed by atoms with Gasteiger partial charge in [0, 0.05) is 33.9 Å². The van der Waals surface area contributed by atoms with Crippen LogP contribution >= 0.6 is 0 Å². The van der Waals surface area contributed by atoms with Gasteiger partial charge in [-0.1, -0.05) is 93.6 Å². The molecule has 0 amide bonds. The molecule has 0 saturated heterocycles. The summed E-state index contributed by atoms with van der Waals surface area (Å²) in [6.07, 6.45) is 0. The fourth-order valence-electron chi connectivity index (χ4n) is 6.33. The molecule has 0 aliphatic heterocycles. The van der Waals surface area contributed by atoms with Crippen LogP contribution in [0.25, 0.3) is 60.3 Å². The van der Waals surface area contributed by atoms with E-state index in [1.165, 1.54) is 32.8 Å². The van der Waals surface area contributed by atoms with Crippen LogP contribution < -0.4 is 4.74 Å². The van der Waals surface area contributed by atoms with Crippen molar-refractivity contribution >= 4 is 49.0 Å². The molecule has 4 heteroatoms. The lowest BCUT2D eigenvalue weighted by Crippen LogP contribution is -2.12. The molecule has 0 aliphatic rings. The quantitative estimate of drug-likeness (QED) is 0.160. The topological polar surface area (TPSA) is 39.4 Å². The summed E-state index contributed by atoms with van der Waals surface area (Å²) >= 11 is 0. The Balaban J connectivity index is 1.38. The van der Waals surface area contributed by atoms with E-state index in [9.17, 15) is 0 Å². The van der Waals surface area contributed by atoms with Crippen molar-refractivity contribution in [3.63, 3.8) is 0 Å². The van der Waals surface area contributed by atoms with E-state index in [1.54, 1.807) is 0 Å². The van der Waals surface area contributed by atoms with Crippen LogP contribution in [-0.4, -0.2) is 14.4 Å². The van der Waals surface area contributed by atoms with E-state index in [0.717, 1.165) is 38.6 Å². The maximum atomic E-state index is 6.49. The number of pyridine rings is 3. The normalized spacial score (nSPS) is 12.2. The number of para-hydroxylation sites is 1. The van der Waals surface area contributed by atoms with E-state index in [4.69, 9.17) is 14.7 Å². The maximum Gasteiger partial charge on any atom is 0.222 e. The van der Waals surface area contributed by atoms with Crippen LogP contribution in [0, 0.1) is 6.92 Å². The number of aromatic nitrogens is 3. The van der Waals surface area contributed by atoms with E-state index >= 15 is 0 Å². The lowest BCUT2D eigenvalue weighted by atomic mass is 9.87. The summed E-state index contributed by atoms with van der Waals surface area (Å²) in [6, 6.07) is 40.3. The second kappa shape index (κ2) is 9.40. The molecule has 0 fully saturated rings. The number of nitrogens with zero attached hydrogens (tertiary/aromatic N) is 3. The van der Waals surface area contributed by atoms with E-state index < -0.39 is 0 Å². The predicted molar refractivity (Wildman–Crippen MR) is 178 cm³/mol. The summed E-state index contributed by atoms with van der Waals surface area (Å²) in [5.41, 5.74) is 8.72. The van der Waals surface area contributed by atoms with Gasteiger partial charge in [-0.15, -0.1) is 0 Å². The third-order valence-corrected chi connectivity index (χ3v) is 8.56. The van der Waals surface area contributed by atoms with E-state index in [0.29, 0.717) is 11.8 Å². The Hall–Kier alpha value is -5.22. The van der Waals surface area contributed by atoms with Crippen molar-refractivity contribution in [2.45, 2.75) is 33.1 Å². The van der Waals surface area contributed by atoms with Crippen LogP contribution in [0.3, 0.4) is 0 Å². The molecule has 0 spiro atoms. The first-order chi connectivity index (χ1) is 20.8. The fourth-order valence-corrected chi connectivity index (χ4v) is 6.33. The van der Waals surface area contributed by atoms with Gasteiger partial charge in [-0.25, -0.2) is 9.97 Å². The number of benzene rings is 4. The summed E-state index contributed by atoms with van der Waals surface area (Å²) in [5, 5.41) is 5.83. The first-order valence-electron chi connectivity index (χ1n) is 14.8. The molecule has 0 saturated carbocycles. The number of aryl methyl sites for hydroxylation is 1. The highest BCUT2D eigenvalue weighted by atomic mass is 16.5. The molecule has 0 bridgehead atoms. The Morgan fingerprint density at radius 3 is 2.12 bits per heavy atom. The molecule has 43 heavy (non-hydrogen) atoms. The highest BCUT2D eigenvalue weighted by molar-refractivity contribution is 6.18. The maximum absolute atomic E-state index is 6.49. The molecular formula is C39H31N3O. The van der Waals surface area contributed by atoms with Crippen LogP contribution in [0.1, 0.15) is 31.9 Å². The molecular weight excluding hydrogens is 526 g/mol. The summed E-state index contributed by atoms with van der Waals surface area (Å²) in [7, 11) is 0. The zero-order valence-corrected chi connectivity index (χ0v) is 24.7. The monoisotopic (exact) mass is 557 g/mol. The first kappa shape index (κ1) is 25.5. The number of hydrogen-bond donors (Lipinski definition) is 0. The van der Waals surface area contributed by atoms with Crippen LogP contribution in [0.5, 0.6) is 11.8 Å². The van der Waals surface area contributed by atoms with Gasteiger partial charge >= 0.3 is 0 Å². The lowest BCUT2D eigenvalue weighted by Gasteiger charge is -2.21. The van der Waals surface area contributed by atoms with Gasteiger partial charge in [0.05, 0.1) is 27.8 Å². The number of hydrogen-bond acceptors (Lipinski definition) is 3. The molecule has 8 aromatic rings. The molecule has 0 radical (unpaired) electrons. The average Bonchev–Trinajstić information content (AvgIpc) is 3.32. The number of ether oxygens (including phenoxy) is 1. The second-order valence-electron chi connectivity index (χ2n) is 12.4. The van der Waals surface area contributed by atoms with Crippen LogP contribution in [0.2, 0.25) is 0 Å². The largest absolute Gasteiger partial charge is 0.421 e. The minimum Gasteiger partial charge on any atom is -0.421 e. The average molecular weight is 558 g/mol. The minimum atomic E-state index is -0.0706. The van der Waals surface area contributed by atoms with Gasteiger partial charge in [0.15, 0.2) is 0 Å². The molecule has 0 unspecified atom stereocenters. The van der Waals surface area contributed by atoms with Gasteiger partial charge < -0.3 is 9.14 Å². The van der Waals surface area contributed by atoms with E-state index in [2.05, 4.69) is 117 Å². The summed E-state index contributed by atoms with van der Waals surface area (Å²) < 4.78 is 8.89. The van der Waals surface area contributed by atoms with Crippen molar-refractivity contribution in [3.05, 3.63) is 126 Å². The van der Waals surface area contributed by atoms with Crippen molar-refractivity contribution in [3.8, 4) is 23.0 Å². The second-order valence-corrected chi connectivity index (χ2v) is 12.4. The molecule has 4 nitrogen and oxygen atoms in total. The first-order valence-corrected chi connectivity index (χ1v) is 14.8. The molecule has 4 aromatic heterocycles. The smallest absolute Gasteiger partial charge is 0.222 e. The van der Waals surface area contributed by atoms with Crippen LogP contribution in [0.15, 0.2) is 115 Å². The van der Waals surface area contributed by atoms with Crippen LogP contribution in [0.4, 0.5) is 0 Å². The van der Waals surface area contributed by atoms with Gasteiger partial charge in [0.1, 0.15) is 0 Å². The van der Waals surface area contributed by atoms with Gasteiger partial charge in [0.25, 0.3) is 0 Å². The minimum absolute atomic E-state index is 0.0706. The third-order valence-electron chi connectivity index (χ3n) is 8.56. The molecule has 208 valence electrons. The highest BCUT2D eigenvalue weighted by Crippen LogP contribution is 2.39. The Labute approximate surface area is 250 Å². The number of rotatable bonds is 3. The molecule has 8 rings (SSSR count). The molecule has 0 N–H and O–H groups in total. The van der Waals surface area contributed by atoms with Crippen molar-refractivity contribution in [2.75, 3.05) is 0 Å². The van der Waals surface area contributed by atoms with Crippen molar-refractivity contribution in [1.82, 2.24) is 14.4 Å². The summed E-state index contributed by atoms with van der Waals surface area (Å²) in [4.78, 5) is 10.1. The predicted octanol–water partition coefficient (Wildman–Crippen LogP) is 10.4. The standard InChI is InChI=1S/C39H31N3O/c1-24-29-16-10-11-17-33(29)42-34-21-27-15-9-8-14-26(27)20-31(34)37-30(38(24)42)18-19-35(41-37)43-36-23-28(39(2,3)4)22-32(40-36)25-12-6-5-7-13-25/h5-23H,1-4H3. The Kier molecular flexibility index (Phi) is 5.57. The van der Waals surface area contributed by atoms with E-state index in [1.807, 2.05) is 30.3 Å². The van der Waals surface area contributed by atoms with Gasteiger partial charge in [-0.3, -0.25) is 0 Å². The number of fused-ring (bicyclic) bond motifs is 9. The fraction of sp³-hybridized carbons (Fsp3) is 0.128. The summed E-state index contributed by atoms with van der Waals surface area (Å²) in [6.45, 7) is 8.84. The van der Waals surface area contributed by atoms with Gasteiger partial charge in [-0.05, 0) is 64.6 Å². The summed E-state index contributed by atoms with van der Waals surface area (Å²) in [5.74, 6) is 1.07. The van der Waals surface area contributed by atoms with Crippen molar-refractivity contribution < 1.29 is 4.74 Å². The van der Waals surface area contributed by atoms with Crippen molar-refractivity contribution in [2.24, 2.45) is 0 Å². The van der Waals surface area contributed by atoms with Gasteiger partial charge in [-0.2, -0.15) is 0 Å². The SMILES string of the molecule is Cc1c2ccccc2n2c3cc4ccccc4cc3c3nc(Oc4cc(C(C)(C)C)cc(-c5ccccc5)n4)ccc3c12. The molecule has 4 aromatic carbocycles. The zero-order valence-electron chi connectivity index (χ0n) is 24.7. The molecule has 0 aliphatic carbocycles. The van der Waals surface area contributed by atoms with Crippen LogP contribution in [-0.2, 0) is 5.41 Å². The highest BCUT2D eigenvalue weighted by Gasteiger charge is 2.20.